The van der Waals surface area contributed by atoms with E-state index in [1.54, 1.807) is 0 Å². The smallest absolute Gasteiger partial charge is 0.303 e. The van der Waals surface area contributed by atoms with Crippen LogP contribution in [0.5, 0.6) is 0 Å². The van der Waals surface area contributed by atoms with Gasteiger partial charge in [-0.3, -0.25) is 19.2 Å². The first-order valence-electron chi connectivity index (χ1n) is 18.0. The summed E-state index contributed by atoms with van der Waals surface area (Å²) in [6, 6.07) is 0. The van der Waals surface area contributed by atoms with Crippen LogP contribution < -0.4 is 0 Å². The first kappa shape index (κ1) is 36.1. The van der Waals surface area contributed by atoms with E-state index >= 15 is 0 Å². The van der Waals surface area contributed by atoms with E-state index in [1.807, 2.05) is 0 Å². The number of ether oxygens (including phenoxy) is 4. The molecule has 0 bridgehead atoms. The minimum Gasteiger partial charge on any atom is -0.465 e. The Kier molecular flexibility index (Phi) is 9.23. The molecule has 266 valence electrons. The van der Waals surface area contributed by atoms with Crippen LogP contribution in [-0.2, 0) is 38.1 Å². The van der Waals surface area contributed by atoms with Crippen molar-refractivity contribution in [1.29, 1.82) is 0 Å². The molecule has 1 N–H and O–H groups in total. The van der Waals surface area contributed by atoms with Crippen molar-refractivity contribution in [2.24, 2.45) is 50.7 Å². The number of hydrogen-bond donors (Lipinski definition) is 1. The first-order chi connectivity index (χ1) is 21.6. The Balaban J connectivity index is 1.51. The summed E-state index contributed by atoms with van der Waals surface area (Å²) >= 11 is 0. The van der Waals surface area contributed by atoms with Gasteiger partial charge in [0.2, 0.25) is 0 Å². The second-order valence-corrected chi connectivity index (χ2v) is 17.9. The SMILES string of the molecule is CC(=O)OCC1(C)C(OC(C)=O)CCC2(C)C3CCC4C(O)(CCC5C(C)(C)C(OC(C)=O)C(OC(C)=O)CC45C)CC3(C)CCC12. The Labute approximate surface area is 281 Å². The van der Waals surface area contributed by atoms with Gasteiger partial charge in [0.1, 0.15) is 24.9 Å². The Morgan fingerprint density at radius 1 is 0.638 bits per heavy atom. The fourth-order valence-electron chi connectivity index (χ4n) is 13.2. The van der Waals surface area contributed by atoms with Gasteiger partial charge in [-0.2, -0.15) is 0 Å². The lowest BCUT2D eigenvalue weighted by Gasteiger charge is -2.65. The summed E-state index contributed by atoms with van der Waals surface area (Å²) < 4.78 is 23.5. The molecule has 5 saturated carbocycles. The van der Waals surface area contributed by atoms with Crippen molar-refractivity contribution in [3.63, 3.8) is 0 Å². The molecule has 0 aromatic rings. The third-order valence-corrected chi connectivity index (χ3v) is 14.6. The molecule has 5 fully saturated rings. The molecule has 12 unspecified atom stereocenters. The van der Waals surface area contributed by atoms with E-state index in [-0.39, 0.29) is 64.6 Å². The van der Waals surface area contributed by atoms with Crippen molar-refractivity contribution in [1.82, 2.24) is 0 Å². The molecule has 9 nitrogen and oxygen atoms in total. The second-order valence-electron chi connectivity index (χ2n) is 17.9. The second kappa shape index (κ2) is 12.0. The predicted octanol–water partition coefficient (Wildman–Crippen LogP) is 6.56. The molecule has 0 heterocycles. The zero-order valence-corrected chi connectivity index (χ0v) is 30.5. The van der Waals surface area contributed by atoms with Crippen LogP contribution in [0.2, 0.25) is 0 Å². The molecule has 9 heteroatoms. The average Bonchev–Trinajstić information content (AvgIpc) is 3.05. The van der Waals surface area contributed by atoms with Gasteiger partial charge in [-0.15, -0.1) is 0 Å². The van der Waals surface area contributed by atoms with Crippen LogP contribution in [0.4, 0.5) is 0 Å². The summed E-state index contributed by atoms with van der Waals surface area (Å²) in [4.78, 5) is 48.9. The summed E-state index contributed by atoms with van der Waals surface area (Å²) in [5.74, 6) is -0.772. The fraction of sp³-hybridized carbons (Fsp3) is 0.895. The minimum atomic E-state index is -0.876. The first-order valence-corrected chi connectivity index (χ1v) is 18.0. The number of esters is 4. The largest absolute Gasteiger partial charge is 0.465 e. The number of aliphatic hydroxyl groups is 1. The van der Waals surface area contributed by atoms with Crippen LogP contribution in [0.25, 0.3) is 0 Å². The molecule has 5 aliphatic rings. The Hall–Kier alpha value is -2.16. The van der Waals surface area contributed by atoms with Gasteiger partial charge in [0, 0.05) is 38.5 Å². The van der Waals surface area contributed by atoms with Crippen LogP contribution in [0.3, 0.4) is 0 Å². The van der Waals surface area contributed by atoms with Gasteiger partial charge in [-0.1, -0.05) is 41.5 Å². The minimum absolute atomic E-state index is 0.0151. The third-order valence-electron chi connectivity index (χ3n) is 14.6. The highest BCUT2D eigenvalue weighted by molar-refractivity contribution is 5.68. The molecule has 12 atom stereocenters. The van der Waals surface area contributed by atoms with Gasteiger partial charge in [-0.05, 0) is 104 Å². The maximum atomic E-state index is 12.9. The van der Waals surface area contributed by atoms with Crippen molar-refractivity contribution in [3.05, 3.63) is 0 Å². The number of rotatable bonds is 5. The Morgan fingerprint density at radius 2 is 1.23 bits per heavy atom. The topological polar surface area (TPSA) is 125 Å². The van der Waals surface area contributed by atoms with E-state index in [9.17, 15) is 24.3 Å². The van der Waals surface area contributed by atoms with Crippen molar-refractivity contribution in [2.75, 3.05) is 6.61 Å². The maximum absolute atomic E-state index is 12.9. The van der Waals surface area contributed by atoms with E-state index in [4.69, 9.17) is 18.9 Å². The van der Waals surface area contributed by atoms with E-state index in [1.165, 1.54) is 27.7 Å². The summed E-state index contributed by atoms with van der Waals surface area (Å²) in [5, 5.41) is 12.9. The van der Waals surface area contributed by atoms with Crippen molar-refractivity contribution in [2.45, 2.75) is 157 Å². The van der Waals surface area contributed by atoms with Crippen molar-refractivity contribution < 1.29 is 43.2 Å². The number of hydrogen-bond acceptors (Lipinski definition) is 9. The standard InChI is InChI=1S/C38H60O9/c1-22(39)44-21-37(10)29-13-16-34(7)20-38(43)18-14-27-33(5,6)32(47-25(4)42)26(45-23(2)40)19-36(27,9)30(38)12-11-28(34)35(29,8)17-15-31(37)46-24(3)41/h26-32,43H,11-21H2,1-10H3. The average molecular weight is 661 g/mol. The lowest BCUT2D eigenvalue weighted by molar-refractivity contribution is -0.247. The van der Waals surface area contributed by atoms with Crippen LogP contribution in [0, 0.1) is 50.7 Å². The Bertz CT molecular complexity index is 1280. The van der Waals surface area contributed by atoms with Crippen LogP contribution in [0.1, 0.15) is 133 Å². The monoisotopic (exact) mass is 660 g/mol. The predicted molar refractivity (Wildman–Crippen MR) is 175 cm³/mol. The zero-order chi connectivity index (χ0) is 35.0. The molecule has 0 saturated heterocycles. The zero-order valence-electron chi connectivity index (χ0n) is 30.5. The van der Waals surface area contributed by atoms with Gasteiger partial charge in [-0.25, -0.2) is 0 Å². The van der Waals surface area contributed by atoms with Crippen molar-refractivity contribution >= 4 is 23.9 Å². The Morgan fingerprint density at radius 3 is 1.83 bits per heavy atom. The number of fused-ring (bicyclic) bond motifs is 6. The van der Waals surface area contributed by atoms with Gasteiger partial charge in [0.05, 0.1) is 5.60 Å². The van der Waals surface area contributed by atoms with Gasteiger partial charge >= 0.3 is 23.9 Å². The number of carbonyl (C=O) groups excluding carboxylic acids is 4. The lowest BCUT2D eigenvalue weighted by Crippen LogP contribution is -2.66. The fourth-order valence-corrected chi connectivity index (χ4v) is 13.2. The molecule has 0 amide bonds. The van der Waals surface area contributed by atoms with Crippen LogP contribution in [0.15, 0.2) is 0 Å². The molecular weight excluding hydrogens is 600 g/mol. The van der Waals surface area contributed by atoms with E-state index in [0.717, 1.165) is 38.5 Å². The highest BCUT2D eigenvalue weighted by atomic mass is 16.6. The molecular formula is C38H60O9. The molecule has 0 aliphatic heterocycles. The molecule has 0 aromatic heterocycles. The molecule has 5 rings (SSSR count). The quantitative estimate of drug-likeness (QED) is 0.258. The molecule has 47 heavy (non-hydrogen) atoms. The third kappa shape index (κ3) is 5.92. The summed E-state index contributed by atoms with van der Waals surface area (Å²) in [7, 11) is 0. The normalized spacial score (nSPS) is 47.0. The highest BCUT2D eigenvalue weighted by Gasteiger charge is 2.69. The van der Waals surface area contributed by atoms with E-state index < -0.39 is 34.6 Å². The van der Waals surface area contributed by atoms with Crippen LogP contribution >= 0.6 is 0 Å². The molecule has 0 spiro atoms. The lowest BCUT2D eigenvalue weighted by atomic mass is 9.41. The van der Waals surface area contributed by atoms with Crippen molar-refractivity contribution in [3.8, 4) is 0 Å². The van der Waals surface area contributed by atoms with Gasteiger partial charge < -0.3 is 24.1 Å². The maximum Gasteiger partial charge on any atom is 0.303 e. The summed E-state index contributed by atoms with van der Waals surface area (Å²) in [6.45, 7) is 19.4. The summed E-state index contributed by atoms with van der Waals surface area (Å²) in [5.41, 5.74) is -2.40. The molecule has 0 radical (unpaired) electrons. The molecule has 5 aliphatic carbocycles. The van der Waals surface area contributed by atoms with Gasteiger partial charge in [0.15, 0.2) is 0 Å². The molecule has 0 aromatic carbocycles. The van der Waals surface area contributed by atoms with E-state index in [0.29, 0.717) is 31.6 Å². The summed E-state index contributed by atoms with van der Waals surface area (Å²) in [6.07, 6.45) is 6.53. The number of carbonyl (C=O) groups is 4. The van der Waals surface area contributed by atoms with Crippen LogP contribution in [-0.4, -0.2) is 59.5 Å². The highest BCUT2D eigenvalue weighted by Crippen LogP contribution is 2.72. The van der Waals surface area contributed by atoms with E-state index in [2.05, 4.69) is 41.5 Å². The van der Waals surface area contributed by atoms with Gasteiger partial charge in [0.25, 0.3) is 0 Å².